The van der Waals surface area contributed by atoms with Crippen molar-refractivity contribution in [2.45, 2.75) is 23.8 Å². The highest BCUT2D eigenvalue weighted by atomic mass is 35.5. The second-order valence-corrected chi connectivity index (χ2v) is 10.7. The Morgan fingerprint density at radius 1 is 0.838 bits per heavy atom. The molecule has 0 saturated carbocycles. The zero-order chi connectivity index (χ0) is 26.4. The van der Waals surface area contributed by atoms with E-state index in [9.17, 15) is 23.1 Å². The normalized spacial score (nSPS) is 12.2. The molecule has 0 aliphatic carbocycles. The van der Waals surface area contributed by atoms with Crippen LogP contribution in [0.25, 0.3) is 21.9 Å². The summed E-state index contributed by atoms with van der Waals surface area (Å²) in [6, 6.07) is 25.0. The van der Waals surface area contributed by atoms with Gasteiger partial charge in [0, 0.05) is 17.1 Å². The van der Waals surface area contributed by atoms with Gasteiger partial charge in [-0.25, -0.2) is 8.42 Å². The smallest absolute Gasteiger partial charge is 0.321 e. The number of carboxylic acids is 1. The molecule has 1 amide bonds. The molecule has 9 heteroatoms. The third kappa shape index (κ3) is 6.74. The van der Waals surface area contributed by atoms with E-state index in [1.165, 1.54) is 12.1 Å². The molecule has 1 atom stereocenters. The SMILES string of the molecule is O=C(NCCC[C@H](NS(=O)(=O)c1ccc(-c2ccc(Cl)cc2)cc1)C(=O)O)c1ccc2ccccc2c1. The Hall–Kier alpha value is -3.72. The summed E-state index contributed by atoms with van der Waals surface area (Å²) in [5.41, 5.74) is 2.17. The van der Waals surface area contributed by atoms with Crippen LogP contribution in [0.2, 0.25) is 5.02 Å². The summed E-state index contributed by atoms with van der Waals surface area (Å²) in [5.74, 6) is -1.57. The maximum atomic E-state index is 12.8. The number of sulfonamides is 1. The number of fused-ring (bicyclic) bond motifs is 1. The Kier molecular flexibility index (Phi) is 8.23. The number of carboxylic acid groups (broad SMARTS) is 1. The second-order valence-electron chi connectivity index (χ2n) is 8.50. The number of hydrogen-bond acceptors (Lipinski definition) is 4. The molecule has 37 heavy (non-hydrogen) atoms. The third-order valence-corrected chi connectivity index (χ3v) is 7.64. The molecule has 0 saturated heterocycles. The maximum absolute atomic E-state index is 12.8. The Balaban J connectivity index is 1.33. The van der Waals surface area contributed by atoms with Crippen LogP contribution in [0, 0.1) is 0 Å². The lowest BCUT2D eigenvalue weighted by atomic mass is 10.1. The highest BCUT2D eigenvalue weighted by Gasteiger charge is 2.25. The van der Waals surface area contributed by atoms with Gasteiger partial charge in [-0.15, -0.1) is 0 Å². The van der Waals surface area contributed by atoms with Crippen LogP contribution in [-0.4, -0.2) is 38.0 Å². The average Bonchev–Trinajstić information content (AvgIpc) is 2.90. The Bertz CT molecular complexity index is 1520. The summed E-state index contributed by atoms with van der Waals surface area (Å²) >= 11 is 5.91. The molecule has 4 rings (SSSR count). The molecule has 0 aliphatic rings. The maximum Gasteiger partial charge on any atom is 0.321 e. The molecular formula is C28H25ClN2O5S. The first-order valence-electron chi connectivity index (χ1n) is 11.6. The predicted molar refractivity (Wildman–Crippen MR) is 144 cm³/mol. The zero-order valence-electron chi connectivity index (χ0n) is 19.7. The van der Waals surface area contributed by atoms with Gasteiger partial charge in [-0.3, -0.25) is 9.59 Å². The van der Waals surface area contributed by atoms with E-state index in [2.05, 4.69) is 10.0 Å². The molecule has 0 bridgehead atoms. The second kappa shape index (κ2) is 11.6. The van der Waals surface area contributed by atoms with Crippen molar-refractivity contribution in [2.75, 3.05) is 6.54 Å². The van der Waals surface area contributed by atoms with Gasteiger partial charge in [0.2, 0.25) is 10.0 Å². The molecule has 4 aromatic rings. The Morgan fingerprint density at radius 3 is 2.11 bits per heavy atom. The lowest BCUT2D eigenvalue weighted by Gasteiger charge is -2.15. The topological polar surface area (TPSA) is 113 Å². The number of nitrogens with one attached hydrogen (secondary N) is 2. The molecule has 3 N–H and O–H groups in total. The minimum Gasteiger partial charge on any atom is -0.480 e. The summed E-state index contributed by atoms with van der Waals surface area (Å²) in [6.07, 6.45) is 0.281. The minimum absolute atomic E-state index is 0.00935. The third-order valence-electron chi connectivity index (χ3n) is 5.90. The predicted octanol–water partition coefficient (Wildman–Crippen LogP) is 5.10. The Morgan fingerprint density at radius 2 is 1.46 bits per heavy atom. The van der Waals surface area contributed by atoms with Gasteiger partial charge in [0.25, 0.3) is 5.91 Å². The van der Waals surface area contributed by atoms with Crippen LogP contribution in [0.1, 0.15) is 23.2 Å². The van der Waals surface area contributed by atoms with Crippen LogP contribution in [0.3, 0.4) is 0 Å². The van der Waals surface area contributed by atoms with E-state index in [4.69, 9.17) is 11.6 Å². The largest absolute Gasteiger partial charge is 0.480 e. The number of halogens is 1. The van der Waals surface area contributed by atoms with Crippen LogP contribution in [-0.2, 0) is 14.8 Å². The van der Waals surface area contributed by atoms with Crippen molar-refractivity contribution >= 4 is 44.3 Å². The minimum atomic E-state index is -4.07. The van der Waals surface area contributed by atoms with E-state index in [1.807, 2.05) is 42.5 Å². The van der Waals surface area contributed by atoms with Gasteiger partial charge in [-0.05, 0) is 71.1 Å². The number of rotatable bonds is 10. The first-order valence-corrected chi connectivity index (χ1v) is 13.5. The molecule has 0 heterocycles. The quantitative estimate of drug-likeness (QED) is 0.244. The molecule has 0 aliphatic heterocycles. The number of aliphatic carboxylic acids is 1. The van der Waals surface area contributed by atoms with E-state index < -0.39 is 22.0 Å². The average molecular weight is 537 g/mol. The van der Waals surface area contributed by atoms with E-state index in [0.717, 1.165) is 21.9 Å². The van der Waals surface area contributed by atoms with Gasteiger partial charge in [-0.1, -0.05) is 66.2 Å². The van der Waals surface area contributed by atoms with Crippen LogP contribution >= 0.6 is 11.6 Å². The van der Waals surface area contributed by atoms with Crippen molar-refractivity contribution in [3.63, 3.8) is 0 Å². The van der Waals surface area contributed by atoms with E-state index in [0.29, 0.717) is 10.6 Å². The summed E-state index contributed by atoms with van der Waals surface area (Å²) < 4.78 is 27.9. The highest BCUT2D eigenvalue weighted by Crippen LogP contribution is 2.23. The first-order chi connectivity index (χ1) is 17.7. The molecule has 7 nitrogen and oxygen atoms in total. The molecule has 0 spiro atoms. The molecular weight excluding hydrogens is 512 g/mol. The molecule has 0 radical (unpaired) electrons. The van der Waals surface area contributed by atoms with Crippen LogP contribution in [0.4, 0.5) is 0 Å². The van der Waals surface area contributed by atoms with Crippen molar-refractivity contribution in [1.29, 1.82) is 0 Å². The molecule has 0 aromatic heterocycles. The summed E-state index contributed by atoms with van der Waals surface area (Å²) in [4.78, 5) is 24.2. The van der Waals surface area contributed by atoms with Crippen LogP contribution in [0.15, 0.2) is 95.9 Å². The van der Waals surface area contributed by atoms with Gasteiger partial charge >= 0.3 is 5.97 Å². The number of amides is 1. The van der Waals surface area contributed by atoms with E-state index in [-0.39, 0.29) is 30.2 Å². The van der Waals surface area contributed by atoms with Crippen molar-refractivity contribution < 1.29 is 23.1 Å². The summed E-state index contributed by atoms with van der Waals surface area (Å²) in [6.45, 7) is 0.201. The van der Waals surface area contributed by atoms with Gasteiger partial charge < -0.3 is 10.4 Å². The molecule has 190 valence electrons. The lowest BCUT2D eigenvalue weighted by molar-refractivity contribution is -0.139. The van der Waals surface area contributed by atoms with Crippen molar-refractivity contribution in [3.8, 4) is 11.1 Å². The standard InChI is InChI=1S/C28H25ClN2O5S/c29-24-13-9-20(10-14-24)21-11-15-25(16-12-21)37(35,36)31-26(28(33)34)6-3-17-30-27(32)23-8-7-19-4-1-2-5-22(19)18-23/h1-2,4-5,7-16,18,26,31H,3,6,17H2,(H,30,32)(H,33,34)/t26-/m0/s1. The molecule has 4 aromatic carbocycles. The van der Waals surface area contributed by atoms with Crippen molar-refractivity contribution in [3.05, 3.63) is 102 Å². The van der Waals surface area contributed by atoms with E-state index >= 15 is 0 Å². The van der Waals surface area contributed by atoms with Crippen molar-refractivity contribution in [2.24, 2.45) is 0 Å². The highest BCUT2D eigenvalue weighted by molar-refractivity contribution is 7.89. The zero-order valence-corrected chi connectivity index (χ0v) is 21.3. The van der Waals surface area contributed by atoms with Crippen LogP contribution in [0.5, 0.6) is 0 Å². The Labute approximate surface area is 220 Å². The number of hydrogen-bond donors (Lipinski definition) is 3. The summed E-state index contributed by atoms with van der Waals surface area (Å²) in [5, 5.41) is 14.9. The number of benzene rings is 4. The van der Waals surface area contributed by atoms with Crippen molar-refractivity contribution in [1.82, 2.24) is 10.0 Å². The van der Waals surface area contributed by atoms with Gasteiger partial charge in [0.15, 0.2) is 0 Å². The fourth-order valence-electron chi connectivity index (χ4n) is 3.90. The van der Waals surface area contributed by atoms with Gasteiger partial charge in [0.05, 0.1) is 4.90 Å². The van der Waals surface area contributed by atoms with E-state index in [1.54, 1.807) is 36.4 Å². The molecule has 0 fully saturated rings. The van der Waals surface area contributed by atoms with Gasteiger partial charge in [0.1, 0.15) is 6.04 Å². The van der Waals surface area contributed by atoms with Crippen LogP contribution < -0.4 is 10.0 Å². The van der Waals surface area contributed by atoms with Gasteiger partial charge in [-0.2, -0.15) is 4.72 Å². The fourth-order valence-corrected chi connectivity index (χ4v) is 5.25. The lowest BCUT2D eigenvalue weighted by Crippen LogP contribution is -2.41. The summed E-state index contributed by atoms with van der Waals surface area (Å²) in [7, 11) is -4.07. The fraction of sp³-hybridized carbons (Fsp3) is 0.143. The number of carbonyl (C=O) groups excluding carboxylic acids is 1. The monoisotopic (exact) mass is 536 g/mol. The molecule has 0 unspecified atom stereocenters. The number of carbonyl (C=O) groups is 2. The first kappa shape index (κ1) is 26.3.